The standard InChI is InChI=1S/C5H2BrF5N2/c6-2-1-12-13-3(2)4(7,8)5(9,10)11/h1H,(H,12,13). The first-order valence-corrected chi connectivity index (χ1v) is 3.70. The average Bonchev–Trinajstić information content (AvgIpc) is 2.32. The lowest BCUT2D eigenvalue weighted by Crippen LogP contribution is -2.34. The van der Waals surface area contributed by atoms with E-state index in [-0.39, 0.29) is 0 Å². The Morgan fingerprint density at radius 2 is 1.77 bits per heavy atom. The Morgan fingerprint density at radius 1 is 1.23 bits per heavy atom. The van der Waals surface area contributed by atoms with Crippen LogP contribution in [0.1, 0.15) is 5.69 Å². The summed E-state index contributed by atoms with van der Waals surface area (Å²) in [6, 6.07) is 0. The fourth-order valence-electron chi connectivity index (χ4n) is 0.633. The van der Waals surface area contributed by atoms with Crippen LogP contribution in [0.5, 0.6) is 0 Å². The van der Waals surface area contributed by atoms with Crippen LogP contribution in [-0.2, 0) is 5.92 Å². The largest absolute Gasteiger partial charge is 0.459 e. The molecule has 0 radical (unpaired) electrons. The Hall–Kier alpha value is -0.660. The third-order valence-electron chi connectivity index (χ3n) is 1.26. The molecule has 2 nitrogen and oxygen atoms in total. The predicted octanol–water partition coefficient (Wildman–Crippen LogP) is 2.83. The maximum atomic E-state index is 12.5. The number of halogens is 6. The SMILES string of the molecule is FC(F)(F)C(F)(F)c1[nH]ncc1Br. The van der Waals surface area contributed by atoms with Gasteiger partial charge < -0.3 is 0 Å². The molecule has 1 aromatic heterocycles. The molecule has 0 spiro atoms. The van der Waals surface area contributed by atoms with Crippen molar-refractivity contribution in [3.63, 3.8) is 0 Å². The van der Waals surface area contributed by atoms with Gasteiger partial charge in [0.05, 0.1) is 10.7 Å². The number of aromatic nitrogens is 2. The first kappa shape index (κ1) is 10.4. The van der Waals surface area contributed by atoms with Crippen LogP contribution >= 0.6 is 15.9 Å². The molecule has 0 unspecified atom stereocenters. The summed E-state index contributed by atoms with van der Waals surface area (Å²) in [6.45, 7) is 0. The molecule has 0 amide bonds. The summed E-state index contributed by atoms with van der Waals surface area (Å²) in [6.07, 6.45) is -4.79. The predicted molar refractivity (Wildman–Crippen MR) is 36.2 cm³/mol. The highest BCUT2D eigenvalue weighted by molar-refractivity contribution is 9.10. The third kappa shape index (κ3) is 1.67. The maximum absolute atomic E-state index is 12.5. The molecule has 1 rings (SSSR count). The number of H-pyrrole nitrogens is 1. The molecule has 1 aromatic rings. The minimum Gasteiger partial charge on any atom is -0.275 e. The second kappa shape index (κ2) is 2.93. The summed E-state index contributed by atoms with van der Waals surface area (Å²) >= 11 is 2.52. The van der Waals surface area contributed by atoms with Crippen LogP contribution in [0.4, 0.5) is 22.0 Å². The van der Waals surface area contributed by atoms with E-state index in [0.29, 0.717) is 0 Å². The van der Waals surface area contributed by atoms with Gasteiger partial charge in [-0.2, -0.15) is 27.1 Å². The lowest BCUT2D eigenvalue weighted by atomic mass is 10.2. The second-order valence-corrected chi connectivity index (χ2v) is 3.02. The molecule has 1 N–H and O–H groups in total. The summed E-state index contributed by atoms with van der Waals surface area (Å²) in [5.41, 5.74) is -1.29. The van der Waals surface area contributed by atoms with Crippen molar-refractivity contribution in [2.45, 2.75) is 12.1 Å². The molecule has 13 heavy (non-hydrogen) atoms. The Morgan fingerprint density at radius 3 is 2.08 bits per heavy atom. The fourth-order valence-corrected chi connectivity index (χ4v) is 1.07. The van der Waals surface area contributed by atoms with Crippen molar-refractivity contribution in [1.29, 1.82) is 0 Å². The highest BCUT2D eigenvalue weighted by Gasteiger charge is 2.60. The van der Waals surface area contributed by atoms with Crippen molar-refractivity contribution < 1.29 is 22.0 Å². The van der Waals surface area contributed by atoms with Gasteiger partial charge in [0.25, 0.3) is 0 Å². The lowest BCUT2D eigenvalue weighted by molar-refractivity contribution is -0.291. The van der Waals surface area contributed by atoms with Crippen LogP contribution in [0.25, 0.3) is 0 Å². The van der Waals surface area contributed by atoms with Crippen molar-refractivity contribution in [3.05, 3.63) is 16.4 Å². The number of rotatable bonds is 1. The monoisotopic (exact) mass is 264 g/mol. The molecule has 0 bridgehead atoms. The van der Waals surface area contributed by atoms with Crippen molar-refractivity contribution in [1.82, 2.24) is 10.2 Å². The van der Waals surface area contributed by atoms with Gasteiger partial charge in [-0.05, 0) is 15.9 Å². The molecular formula is C5H2BrF5N2. The molecule has 0 fully saturated rings. The maximum Gasteiger partial charge on any atom is 0.459 e. The van der Waals surface area contributed by atoms with E-state index in [1.807, 2.05) is 0 Å². The van der Waals surface area contributed by atoms with E-state index in [9.17, 15) is 22.0 Å². The molecule has 74 valence electrons. The van der Waals surface area contributed by atoms with Gasteiger partial charge in [0, 0.05) is 0 Å². The molecule has 0 saturated carbocycles. The summed E-state index contributed by atoms with van der Waals surface area (Å²) < 4.78 is 59.9. The molecule has 0 atom stereocenters. The van der Waals surface area contributed by atoms with Crippen LogP contribution in [0, 0.1) is 0 Å². The average molecular weight is 265 g/mol. The minimum atomic E-state index is -5.62. The van der Waals surface area contributed by atoms with Gasteiger partial charge in [-0.15, -0.1) is 0 Å². The number of nitrogens with one attached hydrogen (secondary N) is 1. The minimum absolute atomic E-state index is 0.408. The first-order valence-electron chi connectivity index (χ1n) is 2.90. The van der Waals surface area contributed by atoms with E-state index < -0.39 is 22.3 Å². The summed E-state index contributed by atoms with van der Waals surface area (Å²) in [7, 11) is 0. The van der Waals surface area contributed by atoms with Gasteiger partial charge in [0.2, 0.25) is 0 Å². The van der Waals surface area contributed by atoms with Crippen LogP contribution in [0.15, 0.2) is 10.7 Å². The Bertz CT molecular complexity index is 304. The fraction of sp³-hybridized carbons (Fsp3) is 0.400. The Kier molecular flexibility index (Phi) is 2.35. The van der Waals surface area contributed by atoms with E-state index in [4.69, 9.17) is 0 Å². The van der Waals surface area contributed by atoms with E-state index >= 15 is 0 Å². The topological polar surface area (TPSA) is 28.7 Å². The van der Waals surface area contributed by atoms with Gasteiger partial charge in [0.15, 0.2) is 0 Å². The number of hydrogen-bond donors (Lipinski definition) is 1. The van der Waals surface area contributed by atoms with E-state index in [2.05, 4.69) is 21.0 Å². The zero-order chi connectivity index (χ0) is 10.3. The van der Waals surface area contributed by atoms with Gasteiger partial charge >= 0.3 is 12.1 Å². The summed E-state index contributed by atoms with van der Waals surface area (Å²) in [4.78, 5) is 0. The normalized spacial score (nSPS) is 13.4. The van der Waals surface area contributed by atoms with Crippen molar-refractivity contribution in [2.24, 2.45) is 0 Å². The van der Waals surface area contributed by atoms with E-state index in [1.165, 1.54) is 0 Å². The van der Waals surface area contributed by atoms with Crippen molar-refractivity contribution >= 4 is 15.9 Å². The number of alkyl halides is 5. The molecule has 1 heterocycles. The zero-order valence-electron chi connectivity index (χ0n) is 5.79. The van der Waals surface area contributed by atoms with E-state index in [0.717, 1.165) is 6.20 Å². The zero-order valence-corrected chi connectivity index (χ0v) is 7.38. The number of nitrogens with zero attached hydrogens (tertiary/aromatic N) is 1. The van der Waals surface area contributed by atoms with Crippen LogP contribution in [0.2, 0.25) is 0 Å². The molecule has 0 aliphatic rings. The highest BCUT2D eigenvalue weighted by Crippen LogP contribution is 2.44. The quantitative estimate of drug-likeness (QED) is 0.777. The lowest BCUT2D eigenvalue weighted by Gasteiger charge is -2.17. The van der Waals surface area contributed by atoms with E-state index in [1.54, 1.807) is 5.10 Å². The van der Waals surface area contributed by atoms with Crippen molar-refractivity contribution in [2.75, 3.05) is 0 Å². The van der Waals surface area contributed by atoms with Gasteiger partial charge in [-0.1, -0.05) is 0 Å². The molecule has 0 saturated heterocycles. The molecule has 0 aliphatic heterocycles. The third-order valence-corrected chi connectivity index (χ3v) is 1.86. The number of aromatic amines is 1. The highest BCUT2D eigenvalue weighted by atomic mass is 79.9. The summed E-state index contributed by atoms with van der Waals surface area (Å²) in [5, 5.41) is 4.64. The summed E-state index contributed by atoms with van der Waals surface area (Å²) in [5.74, 6) is -4.91. The number of hydrogen-bond acceptors (Lipinski definition) is 1. The van der Waals surface area contributed by atoms with Gasteiger partial charge in [0.1, 0.15) is 5.69 Å². The molecule has 8 heteroatoms. The van der Waals surface area contributed by atoms with Crippen LogP contribution < -0.4 is 0 Å². The Labute approximate surface area is 77.3 Å². The molecule has 0 aliphatic carbocycles. The van der Waals surface area contributed by atoms with Gasteiger partial charge in [-0.3, -0.25) is 5.10 Å². The Balaban J connectivity index is 3.15. The smallest absolute Gasteiger partial charge is 0.275 e. The molecule has 0 aromatic carbocycles. The second-order valence-electron chi connectivity index (χ2n) is 2.17. The van der Waals surface area contributed by atoms with Crippen LogP contribution in [0.3, 0.4) is 0 Å². The first-order chi connectivity index (χ1) is 5.77. The molecular weight excluding hydrogens is 263 g/mol. The van der Waals surface area contributed by atoms with Crippen molar-refractivity contribution in [3.8, 4) is 0 Å². The van der Waals surface area contributed by atoms with Gasteiger partial charge in [-0.25, -0.2) is 0 Å². The van der Waals surface area contributed by atoms with Crippen LogP contribution in [-0.4, -0.2) is 16.4 Å².